The number of nitriles is 2. The molecule has 0 aliphatic rings. The monoisotopic (exact) mass is 1090 g/mol. The van der Waals surface area contributed by atoms with Gasteiger partial charge in [0.2, 0.25) is 0 Å². The summed E-state index contributed by atoms with van der Waals surface area (Å²) in [7, 11) is 0. The van der Waals surface area contributed by atoms with Crippen molar-refractivity contribution in [2.75, 3.05) is 0 Å². The summed E-state index contributed by atoms with van der Waals surface area (Å²) in [6.07, 6.45) is -4.66. The third kappa shape index (κ3) is 9.01. The Kier molecular flexibility index (Phi) is 12.9. The smallest absolute Gasteiger partial charge is 0.309 e. The van der Waals surface area contributed by atoms with Gasteiger partial charge in [-0.2, -0.15) is 23.7 Å². The lowest BCUT2D eigenvalue weighted by Gasteiger charge is -2.21. The van der Waals surface area contributed by atoms with Crippen molar-refractivity contribution in [1.82, 2.24) is 9.13 Å². The van der Waals surface area contributed by atoms with E-state index >= 15 is 0 Å². The summed E-state index contributed by atoms with van der Waals surface area (Å²) >= 11 is 0. The first-order valence-corrected chi connectivity index (χ1v) is 28.2. The second kappa shape index (κ2) is 20.3. The first-order valence-electron chi connectivity index (χ1n) is 28.2. The number of halogens is 3. The van der Waals surface area contributed by atoms with Crippen LogP contribution in [0.1, 0.15) is 61.2 Å². The van der Waals surface area contributed by atoms with Crippen LogP contribution in [0.4, 0.5) is 13.2 Å². The number of nitrogens with zero attached hydrogens (tertiary/aromatic N) is 4. The van der Waals surface area contributed by atoms with Crippen LogP contribution in [0, 0.1) is 78.1 Å². The second-order valence-electron chi connectivity index (χ2n) is 22.8. The maximum Gasteiger partial charge on any atom is 0.416 e. The van der Waals surface area contributed by atoms with Crippen LogP contribution in [0.5, 0.6) is 0 Å². The maximum atomic E-state index is 14.3. The van der Waals surface area contributed by atoms with Gasteiger partial charge in [0, 0.05) is 32.7 Å². The van der Waals surface area contributed by atoms with E-state index in [0.717, 1.165) is 112 Å². The first-order chi connectivity index (χ1) is 40.5. The van der Waals surface area contributed by atoms with Crippen LogP contribution < -0.4 is 0 Å². The van der Waals surface area contributed by atoms with E-state index in [0.29, 0.717) is 27.8 Å². The highest BCUT2D eigenvalue weighted by Crippen LogP contribution is 2.47. The van der Waals surface area contributed by atoms with Crippen molar-refractivity contribution in [2.45, 2.75) is 61.6 Å². The lowest BCUT2D eigenvalue weighted by Crippen LogP contribution is -2.06. The Balaban J connectivity index is 1.14. The molecule has 0 saturated heterocycles. The van der Waals surface area contributed by atoms with Gasteiger partial charge in [0.25, 0.3) is 0 Å². The molecule has 0 spiro atoms. The van der Waals surface area contributed by atoms with Crippen LogP contribution >= 0.6 is 0 Å². The van der Waals surface area contributed by atoms with E-state index in [1.807, 2.05) is 30.3 Å². The number of aromatic nitrogens is 2. The molecule has 0 aliphatic heterocycles. The molecule has 2 heterocycles. The minimum absolute atomic E-state index is 0.117. The lowest BCUT2D eigenvalue weighted by molar-refractivity contribution is -0.137. The Morgan fingerprint density at radius 1 is 0.321 bits per heavy atom. The van der Waals surface area contributed by atoms with E-state index in [4.69, 9.17) is 0 Å². The van der Waals surface area contributed by atoms with Crippen LogP contribution in [0.25, 0.3) is 122 Å². The van der Waals surface area contributed by atoms with Crippen LogP contribution in [0.15, 0.2) is 200 Å². The molecule has 7 heteroatoms. The summed E-state index contributed by atoms with van der Waals surface area (Å²) in [6.45, 7) is 17.0. The van der Waals surface area contributed by atoms with Gasteiger partial charge in [-0.25, -0.2) is 0 Å². The van der Waals surface area contributed by atoms with Gasteiger partial charge in [-0.1, -0.05) is 138 Å². The van der Waals surface area contributed by atoms with Crippen molar-refractivity contribution in [3.63, 3.8) is 0 Å². The van der Waals surface area contributed by atoms with Crippen LogP contribution in [-0.4, -0.2) is 9.13 Å². The van der Waals surface area contributed by atoms with Gasteiger partial charge in [-0.15, -0.1) is 0 Å². The third-order valence-corrected chi connectivity index (χ3v) is 17.0. The minimum Gasteiger partial charge on any atom is -0.309 e. The van der Waals surface area contributed by atoms with Crippen molar-refractivity contribution < 1.29 is 13.2 Å². The Labute approximate surface area is 487 Å². The van der Waals surface area contributed by atoms with Gasteiger partial charge in [0.1, 0.15) is 0 Å². The van der Waals surface area contributed by atoms with Crippen molar-refractivity contribution in [3.8, 4) is 90.3 Å². The standard InChI is InChI=1S/C77H57F3N4/c1-44-12-22-60(48(5)32-44)52-16-27-70-65(37-52)66-38-53(61-23-13-45(2)33-49(61)6)17-28-71(66)83(70)74-31-20-56(64-26-21-59(77(78,79)80)36-58(64)43-82)41-69(74)76-57(42-81)10-9-11-75(76)84-72-29-18-54(62-24-14-46(3)34-50(62)7)39-67(72)68-40-55(19-30-73(68)84)63-25-15-47(4)35-51(63)8/h9-41H,1-8H3. The van der Waals surface area contributed by atoms with Crippen LogP contribution in [0.2, 0.25) is 0 Å². The van der Waals surface area contributed by atoms with Gasteiger partial charge in [0.15, 0.2) is 0 Å². The highest BCUT2D eigenvalue weighted by Gasteiger charge is 2.32. The number of benzene rings is 11. The number of hydrogen-bond donors (Lipinski definition) is 0. The van der Waals surface area contributed by atoms with E-state index in [9.17, 15) is 23.7 Å². The molecule has 0 atom stereocenters. The van der Waals surface area contributed by atoms with Gasteiger partial charge >= 0.3 is 6.18 Å². The Bertz CT molecular complexity index is 4790. The Morgan fingerprint density at radius 3 is 1.05 bits per heavy atom. The van der Waals surface area contributed by atoms with Crippen LogP contribution in [-0.2, 0) is 6.18 Å². The number of fused-ring (bicyclic) bond motifs is 6. The molecule has 0 fully saturated rings. The van der Waals surface area contributed by atoms with Gasteiger partial charge in [-0.05, 0) is 218 Å². The SMILES string of the molecule is Cc1ccc(-c2ccc3c(c2)c2cc(-c4ccc(C)cc4C)ccc2n3-c2ccc(-c3ccc(C(F)(F)F)cc3C#N)cc2-c2c(C#N)cccc2-n2c3ccc(-c4ccc(C)cc4C)cc3c3cc(-c4ccc(C)cc4C)ccc32)c(C)c1. The molecule has 0 unspecified atom stereocenters. The number of rotatable bonds is 8. The molecule has 13 aromatic rings. The molecule has 0 radical (unpaired) electrons. The zero-order valence-corrected chi connectivity index (χ0v) is 48.0. The zero-order valence-electron chi connectivity index (χ0n) is 48.0. The fourth-order valence-corrected chi connectivity index (χ4v) is 13.1. The highest BCUT2D eigenvalue weighted by atomic mass is 19.4. The normalized spacial score (nSPS) is 11.7. The summed E-state index contributed by atoms with van der Waals surface area (Å²) in [4.78, 5) is 0. The summed E-state index contributed by atoms with van der Waals surface area (Å²) in [5.41, 5.74) is 24.9. The summed E-state index contributed by atoms with van der Waals surface area (Å²) in [5.74, 6) is 0. The molecule has 11 aromatic carbocycles. The molecule has 406 valence electrons. The van der Waals surface area contributed by atoms with Gasteiger partial charge < -0.3 is 9.13 Å². The largest absolute Gasteiger partial charge is 0.416 e. The molecule has 2 aromatic heterocycles. The zero-order chi connectivity index (χ0) is 58.5. The molecule has 4 nitrogen and oxygen atoms in total. The molecule has 0 amide bonds. The Hall–Kier alpha value is -10.2. The van der Waals surface area contributed by atoms with Crippen molar-refractivity contribution >= 4 is 43.6 Å². The van der Waals surface area contributed by atoms with Crippen molar-refractivity contribution in [1.29, 1.82) is 10.5 Å². The average molecular weight is 1100 g/mol. The molecule has 13 rings (SSSR count). The number of aryl methyl sites for hydroxylation is 8. The van der Waals surface area contributed by atoms with Crippen molar-refractivity contribution in [3.05, 3.63) is 261 Å². The Morgan fingerprint density at radius 2 is 0.679 bits per heavy atom. The van der Waals surface area contributed by atoms with Gasteiger partial charge in [-0.3, -0.25) is 0 Å². The van der Waals surface area contributed by atoms with Crippen molar-refractivity contribution in [2.24, 2.45) is 0 Å². The predicted octanol–water partition coefficient (Wildman–Crippen LogP) is 21.1. The quantitative estimate of drug-likeness (QED) is 0.152. The number of alkyl halides is 3. The predicted molar refractivity (Wildman–Crippen MR) is 340 cm³/mol. The summed E-state index contributed by atoms with van der Waals surface area (Å²) in [5, 5.41) is 26.2. The fourth-order valence-electron chi connectivity index (χ4n) is 13.1. The summed E-state index contributed by atoms with van der Waals surface area (Å²) < 4.78 is 47.5. The second-order valence-corrected chi connectivity index (χ2v) is 22.8. The van der Waals surface area contributed by atoms with E-state index in [2.05, 4.69) is 228 Å². The molecule has 0 N–H and O–H groups in total. The van der Waals surface area contributed by atoms with E-state index in [-0.39, 0.29) is 5.56 Å². The number of hydrogen-bond acceptors (Lipinski definition) is 2. The lowest BCUT2D eigenvalue weighted by atomic mass is 9.91. The van der Waals surface area contributed by atoms with E-state index < -0.39 is 11.7 Å². The molecule has 0 saturated carbocycles. The molecular weight excluding hydrogens is 1040 g/mol. The first kappa shape index (κ1) is 53.1. The topological polar surface area (TPSA) is 57.4 Å². The van der Waals surface area contributed by atoms with Gasteiger partial charge in [0.05, 0.1) is 62.3 Å². The summed E-state index contributed by atoms with van der Waals surface area (Å²) in [6, 6.07) is 72.3. The molecular formula is C77H57F3N4. The average Bonchev–Trinajstić information content (AvgIpc) is 1.88. The fraction of sp³-hybridized carbons (Fsp3) is 0.117. The van der Waals surface area contributed by atoms with E-state index in [1.165, 1.54) is 50.6 Å². The minimum atomic E-state index is -4.66. The third-order valence-electron chi connectivity index (χ3n) is 17.0. The molecule has 0 aliphatic carbocycles. The maximum absolute atomic E-state index is 14.3. The molecule has 84 heavy (non-hydrogen) atoms. The molecule has 0 bridgehead atoms. The van der Waals surface area contributed by atoms with E-state index in [1.54, 1.807) is 0 Å². The van der Waals surface area contributed by atoms with Crippen LogP contribution in [0.3, 0.4) is 0 Å². The highest BCUT2D eigenvalue weighted by molar-refractivity contribution is 6.14.